The van der Waals surface area contributed by atoms with Crippen LogP contribution in [0.4, 0.5) is 5.69 Å². The third kappa shape index (κ3) is 3.72. The van der Waals surface area contributed by atoms with Crippen LogP contribution in [0, 0.1) is 5.92 Å². The molecule has 0 bridgehead atoms. The van der Waals surface area contributed by atoms with Crippen LogP contribution in [0.3, 0.4) is 0 Å². The molecule has 1 atom stereocenters. The summed E-state index contributed by atoms with van der Waals surface area (Å²) >= 11 is 0. The topological polar surface area (TPSA) is 71.3 Å². The van der Waals surface area contributed by atoms with Gasteiger partial charge >= 0.3 is 5.97 Å². The molecule has 5 nitrogen and oxygen atoms in total. The molecule has 2 rings (SSSR count). The first-order valence-corrected chi connectivity index (χ1v) is 6.72. The Hall–Kier alpha value is -2.56. The summed E-state index contributed by atoms with van der Waals surface area (Å²) in [6.45, 7) is 1.67. The summed E-state index contributed by atoms with van der Waals surface area (Å²) in [5.41, 5.74) is 2.20. The second kappa shape index (κ2) is 6.26. The summed E-state index contributed by atoms with van der Waals surface area (Å²) in [5.74, 6) is -1.40. The largest absolute Gasteiger partial charge is 0.481 e. The summed E-state index contributed by atoms with van der Waals surface area (Å²) in [4.78, 5) is 22.9. The van der Waals surface area contributed by atoms with Gasteiger partial charge in [0.1, 0.15) is 5.69 Å². The molecule has 110 valence electrons. The molecule has 0 unspecified atom stereocenters. The number of aryl methyl sites for hydroxylation is 1. The van der Waals surface area contributed by atoms with Crippen molar-refractivity contribution in [1.29, 1.82) is 0 Å². The zero-order chi connectivity index (χ0) is 15.4. The van der Waals surface area contributed by atoms with Crippen LogP contribution in [-0.2, 0) is 18.3 Å². The number of nitrogens with zero attached hydrogens (tertiary/aromatic N) is 1. The molecule has 0 aliphatic rings. The van der Waals surface area contributed by atoms with Gasteiger partial charge in [-0.1, -0.05) is 19.1 Å². The van der Waals surface area contributed by atoms with Gasteiger partial charge in [-0.3, -0.25) is 9.59 Å². The fourth-order valence-corrected chi connectivity index (χ4v) is 2.06. The molecular weight excluding hydrogens is 268 g/mol. The Kier molecular flexibility index (Phi) is 4.42. The lowest BCUT2D eigenvalue weighted by Crippen LogP contribution is -2.15. The molecule has 0 spiro atoms. The maximum Gasteiger partial charge on any atom is 0.306 e. The van der Waals surface area contributed by atoms with Gasteiger partial charge in [0.2, 0.25) is 0 Å². The second-order valence-electron chi connectivity index (χ2n) is 5.10. The van der Waals surface area contributed by atoms with E-state index < -0.39 is 11.9 Å². The van der Waals surface area contributed by atoms with E-state index in [0.29, 0.717) is 17.8 Å². The molecule has 0 fully saturated rings. The number of aliphatic carboxylic acids is 1. The third-order valence-electron chi connectivity index (χ3n) is 3.35. The minimum Gasteiger partial charge on any atom is -0.481 e. The van der Waals surface area contributed by atoms with Gasteiger partial charge in [0, 0.05) is 18.9 Å². The van der Waals surface area contributed by atoms with Crippen molar-refractivity contribution >= 4 is 17.6 Å². The Morgan fingerprint density at radius 3 is 2.43 bits per heavy atom. The highest BCUT2D eigenvalue weighted by Crippen LogP contribution is 2.14. The molecule has 21 heavy (non-hydrogen) atoms. The van der Waals surface area contributed by atoms with Crippen LogP contribution in [0.5, 0.6) is 0 Å². The van der Waals surface area contributed by atoms with Crippen molar-refractivity contribution in [1.82, 2.24) is 4.57 Å². The highest BCUT2D eigenvalue weighted by Gasteiger charge is 2.12. The van der Waals surface area contributed by atoms with Gasteiger partial charge in [0.05, 0.1) is 5.92 Å². The third-order valence-corrected chi connectivity index (χ3v) is 3.35. The highest BCUT2D eigenvalue weighted by atomic mass is 16.4. The molecule has 0 radical (unpaired) electrons. The lowest BCUT2D eigenvalue weighted by Gasteiger charge is -2.09. The summed E-state index contributed by atoms with van der Waals surface area (Å²) in [7, 11) is 1.81. The smallest absolute Gasteiger partial charge is 0.306 e. The van der Waals surface area contributed by atoms with Crippen LogP contribution < -0.4 is 5.32 Å². The number of carbonyl (C=O) groups is 2. The molecule has 2 N–H and O–H groups in total. The van der Waals surface area contributed by atoms with E-state index in [0.717, 1.165) is 5.56 Å². The standard InChI is InChI=1S/C16H18N2O3/c1-11(16(20)21)10-12-5-7-13(8-6-12)17-15(19)14-4-3-9-18(14)2/h3-9,11H,10H2,1-2H3,(H,17,19)(H,20,21)/t11-/m1/s1. The minimum atomic E-state index is -0.809. The van der Waals surface area contributed by atoms with Gasteiger partial charge < -0.3 is 15.0 Å². The van der Waals surface area contributed by atoms with Gasteiger partial charge in [0.15, 0.2) is 0 Å². The molecule has 1 aromatic carbocycles. The summed E-state index contributed by atoms with van der Waals surface area (Å²) in [6, 6.07) is 10.8. The SMILES string of the molecule is C[C@H](Cc1ccc(NC(=O)c2cccn2C)cc1)C(=O)O. The number of hydrogen-bond donors (Lipinski definition) is 2. The summed E-state index contributed by atoms with van der Waals surface area (Å²) in [5, 5.41) is 11.7. The number of hydrogen-bond acceptors (Lipinski definition) is 2. The first-order chi connectivity index (χ1) is 9.97. The second-order valence-corrected chi connectivity index (χ2v) is 5.10. The number of anilines is 1. The van der Waals surface area contributed by atoms with Crippen molar-refractivity contribution in [3.63, 3.8) is 0 Å². The Labute approximate surface area is 123 Å². The van der Waals surface area contributed by atoms with Crippen LogP contribution in [0.25, 0.3) is 0 Å². The Bertz CT molecular complexity index is 644. The van der Waals surface area contributed by atoms with Crippen LogP contribution in [0.1, 0.15) is 23.0 Å². The van der Waals surface area contributed by atoms with Crippen molar-refractivity contribution in [2.75, 3.05) is 5.32 Å². The fourth-order valence-electron chi connectivity index (χ4n) is 2.06. The van der Waals surface area contributed by atoms with Crippen LogP contribution >= 0.6 is 0 Å². The maximum absolute atomic E-state index is 12.0. The molecular formula is C16H18N2O3. The van der Waals surface area contributed by atoms with E-state index in [9.17, 15) is 9.59 Å². The Morgan fingerprint density at radius 1 is 1.24 bits per heavy atom. The van der Waals surface area contributed by atoms with Gasteiger partial charge in [-0.25, -0.2) is 0 Å². The van der Waals surface area contributed by atoms with E-state index in [1.165, 1.54) is 0 Å². The molecule has 0 saturated heterocycles. The Balaban J connectivity index is 2.01. The van der Waals surface area contributed by atoms with E-state index in [1.807, 2.05) is 31.4 Å². The van der Waals surface area contributed by atoms with E-state index in [-0.39, 0.29) is 5.91 Å². The zero-order valence-electron chi connectivity index (χ0n) is 12.0. The normalized spacial score (nSPS) is 11.9. The molecule has 1 amide bonds. The average Bonchev–Trinajstić information content (AvgIpc) is 2.87. The first kappa shape index (κ1) is 14.8. The van der Waals surface area contributed by atoms with Crippen molar-refractivity contribution < 1.29 is 14.7 Å². The summed E-state index contributed by atoms with van der Waals surface area (Å²) < 4.78 is 1.75. The number of carboxylic acid groups (broad SMARTS) is 1. The molecule has 2 aromatic rings. The van der Waals surface area contributed by atoms with E-state index >= 15 is 0 Å². The first-order valence-electron chi connectivity index (χ1n) is 6.72. The number of rotatable bonds is 5. The van der Waals surface area contributed by atoms with E-state index in [4.69, 9.17) is 5.11 Å². The van der Waals surface area contributed by atoms with Gasteiger partial charge in [-0.05, 0) is 36.2 Å². The molecule has 0 saturated carbocycles. The van der Waals surface area contributed by atoms with Gasteiger partial charge in [-0.2, -0.15) is 0 Å². The fraction of sp³-hybridized carbons (Fsp3) is 0.250. The van der Waals surface area contributed by atoms with Crippen LogP contribution in [0.2, 0.25) is 0 Å². The molecule has 1 aromatic heterocycles. The number of amides is 1. The number of aromatic nitrogens is 1. The van der Waals surface area contributed by atoms with Crippen molar-refractivity contribution in [3.8, 4) is 0 Å². The number of nitrogens with one attached hydrogen (secondary N) is 1. The number of carbonyl (C=O) groups excluding carboxylic acids is 1. The highest BCUT2D eigenvalue weighted by molar-refractivity contribution is 6.03. The number of benzene rings is 1. The van der Waals surface area contributed by atoms with E-state index in [1.54, 1.807) is 29.7 Å². The zero-order valence-corrected chi connectivity index (χ0v) is 12.0. The maximum atomic E-state index is 12.0. The predicted octanol–water partition coefficient (Wildman–Crippen LogP) is 2.54. The lowest BCUT2D eigenvalue weighted by atomic mass is 10.0. The quantitative estimate of drug-likeness (QED) is 0.887. The molecule has 0 aliphatic carbocycles. The summed E-state index contributed by atoms with van der Waals surface area (Å²) in [6.07, 6.45) is 2.28. The van der Waals surface area contributed by atoms with Crippen molar-refractivity contribution in [2.45, 2.75) is 13.3 Å². The van der Waals surface area contributed by atoms with Crippen LogP contribution in [-0.4, -0.2) is 21.6 Å². The monoisotopic (exact) mass is 286 g/mol. The van der Waals surface area contributed by atoms with E-state index in [2.05, 4.69) is 5.32 Å². The predicted molar refractivity (Wildman–Crippen MR) is 80.3 cm³/mol. The molecule has 1 heterocycles. The van der Waals surface area contributed by atoms with Crippen LogP contribution in [0.15, 0.2) is 42.6 Å². The minimum absolute atomic E-state index is 0.172. The number of carboxylic acids is 1. The molecule has 5 heteroatoms. The van der Waals surface area contributed by atoms with Crippen molar-refractivity contribution in [3.05, 3.63) is 53.9 Å². The Morgan fingerprint density at radius 2 is 1.90 bits per heavy atom. The average molecular weight is 286 g/mol. The van der Waals surface area contributed by atoms with Crippen molar-refractivity contribution in [2.24, 2.45) is 13.0 Å². The lowest BCUT2D eigenvalue weighted by molar-refractivity contribution is -0.141. The molecule has 0 aliphatic heterocycles. The van der Waals surface area contributed by atoms with Gasteiger partial charge in [0.25, 0.3) is 5.91 Å². The van der Waals surface area contributed by atoms with Gasteiger partial charge in [-0.15, -0.1) is 0 Å².